The van der Waals surface area contributed by atoms with Crippen LogP contribution in [0, 0.1) is 0 Å². The Hall–Kier alpha value is -2.15. The Morgan fingerprint density at radius 1 is 0.941 bits per heavy atom. The third kappa shape index (κ3) is 7.17. The van der Waals surface area contributed by atoms with Gasteiger partial charge in [0.15, 0.2) is 0 Å². The van der Waals surface area contributed by atoms with Crippen molar-refractivity contribution < 1.29 is 80.7 Å². The molecule has 19 heteroatoms. The number of halogens is 10. The number of hydrogen-bond donors (Lipinski definition) is 1. The fourth-order valence-corrected chi connectivity index (χ4v) is 2.23. The molecule has 0 aliphatic heterocycles. The summed E-state index contributed by atoms with van der Waals surface area (Å²) in [6, 6.07) is 0. The molecule has 0 aromatic heterocycles. The van der Waals surface area contributed by atoms with Crippen molar-refractivity contribution in [3.05, 3.63) is 12.2 Å². The van der Waals surface area contributed by atoms with E-state index < -0.39 is 76.6 Å². The highest BCUT2D eigenvalue weighted by Crippen LogP contribution is 2.43. The molecule has 8 nitrogen and oxygen atoms in total. The SMILES string of the molecule is C=C(C(=O)OC(OCCC(F)(F)C(F)(F)S(=O)(=O)O)(C(=O)OCCCC)C(F)(F)F)C(F)(F)F. The van der Waals surface area contributed by atoms with Gasteiger partial charge >= 0.3 is 51.4 Å². The summed E-state index contributed by atoms with van der Waals surface area (Å²) in [5.74, 6) is -16.7. The minimum Gasteiger partial charge on any atom is -0.461 e. The number of esters is 2. The second kappa shape index (κ2) is 10.6. The fourth-order valence-electron chi connectivity index (χ4n) is 1.75. The van der Waals surface area contributed by atoms with Gasteiger partial charge in [0.05, 0.1) is 13.2 Å². The van der Waals surface area contributed by atoms with E-state index in [1.165, 1.54) is 6.92 Å². The zero-order valence-corrected chi connectivity index (χ0v) is 17.6. The molecule has 1 unspecified atom stereocenters. The molecule has 34 heavy (non-hydrogen) atoms. The van der Waals surface area contributed by atoms with Crippen LogP contribution in [0.4, 0.5) is 43.9 Å². The highest BCUT2D eigenvalue weighted by Gasteiger charge is 2.70. The van der Waals surface area contributed by atoms with Crippen LogP contribution in [0.15, 0.2) is 12.2 Å². The van der Waals surface area contributed by atoms with Crippen molar-refractivity contribution >= 4 is 22.1 Å². The van der Waals surface area contributed by atoms with Crippen LogP contribution in [0.2, 0.25) is 0 Å². The zero-order chi connectivity index (χ0) is 27.4. The molecule has 0 saturated heterocycles. The van der Waals surface area contributed by atoms with Gasteiger partial charge in [-0.15, -0.1) is 0 Å². The molecule has 0 aromatic rings. The number of carbonyl (C=O) groups excluding carboxylic acids is 2. The van der Waals surface area contributed by atoms with Crippen molar-refractivity contribution in [3.8, 4) is 0 Å². The standard InChI is InChI=1S/C15H16F10O8S/c1-3-4-6-31-10(27)12(14(21,22)23,33-9(26)8(2)13(18,19)20)32-7-5-11(16,17)15(24,25)34(28,29)30/h2-7H2,1H3,(H,28,29,30). The van der Waals surface area contributed by atoms with E-state index >= 15 is 0 Å². The van der Waals surface area contributed by atoms with E-state index in [4.69, 9.17) is 4.55 Å². The molecule has 0 aliphatic rings. The Bertz CT molecular complexity index is 865. The van der Waals surface area contributed by atoms with Gasteiger partial charge in [0.2, 0.25) is 0 Å². The third-order valence-corrected chi connectivity index (χ3v) is 4.62. The smallest absolute Gasteiger partial charge is 0.461 e. The van der Waals surface area contributed by atoms with Crippen LogP contribution in [0.25, 0.3) is 0 Å². The molecule has 0 bridgehead atoms. The van der Waals surface area contributed by atoms with Gasteiger partial charge in [0.1, 0.15) is 5.57 Å². The van der Waals surface area contributed by atoms with Gasteiger partial charge in [-0.2, -0.15) is 52.3 Å². The first-order valence-corrected chi connectivity index (χ1v) is 10.0. The molecule has 0 radical (unpaired) electrons. The van der Waals surface area contributed by atoms with E-state index in [1.807, 2.05) is 0 Å². The molecule has 0 rings (SSSR count). The van der Waals surface area contributed by atoms with E-state index in [2.05, 4.69) is 20.8 Å². The Morgan fingerprint density at radius 2 is 1.44 bits per heavy atom. The van der Waals surface area contributed by atoms with Gasteiger partial charge in [0.25, 0.3) is 0 Å². The number of unbranched alkanes of at least 4 members (excludes halogenated alkanes) is 1. The second-order valence-electron chi connectivity index (χ2n) is 6.26. The van der Waals surface area contributed by atoms with Crippen molar-refractivity contribution in [1.29, 1.82) is 0 Å². The van der Waals surface area contributed by atoms with Crippen LogP contribution >= 0.6 is 0 Å². The predicted molar refractivity (Wildman–Crippen MR) is 88.0 cm³/mol. The van der Waals surface area contributed by atoms with E-state index in [-0.39, 0.29) is 12.8 Å². The Labute approximate surface area is 184 Å². The first-order valence-electron chi connectivity index (χ1n) is 8.58. The molecule has 200 valence electrons. The van der Waals surface area contributed by atoms with E-state index in [0.717, 1.165) is 0 Å². The minimum absolute atomic E-state index is 0.137. The maximum Gasteiger partial charge on any atom is 0.468 e. The van der Waals surface area contributed by atoms with Crippen LogP contribution in [-0.2, 0) is 33.9 Å². The molecule has 1 N–H and O–H groups in total. The normalized spacial score (nSPS) is 15.4. The third-order valence-electron chi connectivity index (χ3n) is 3.67. The lowest BCUT2D eigenvalue weighted by Crippen LogP contribution is -2.59. The molecule has 0 saturated carbocycles. The van der Waals surface area contributed by atoms with Crippen molar-refractivity contribution in [2.75, 3.05) is 13.2 Å². The van der Waals surface area contributed by atoms with Crippen molar-refractivity contribution in [2.24, 2.45) is 0 Å². The maximum atomic E-state index is 13.6. The Kier molecular flexibility index (Phi) is 9.96. The van der Waals surface area contributed by atoms with Crippen LogP contribution < -0.4 is 0 Å². The first-order chi connectivity index (χ1) is 15.0. The monoisotopic (exact) mass is 546 g/mol. The van der Waals surface area contributed by atoms with Crippen LogP contribution in [-0.4, -0.2) is 67.4 Å². The Balaban J connectivity index is 6.21. The molecule has 0 fully saturated rings. The van der Waals surface area contributed by atoms with Gasteiger partial charge < -0.3 is 14.2 Å². The lowest BCUT2D eigenvalue weighted by atomic mass is 10.2. The summed E-state index contributed by atoms with van der Waals surface area (Å²) in [6.07, 6.45) is -14.6. The lowest BCUT2D eigenvalue weighted by molar-refractivity contribution is -0.357. The quantitative estimate of drug-likeness (QED) is 0.0983. The lowest BCUT2D eigenvalue weighted by Gasteiger charge is -2.33. The molecule has 0 aromatic carbocycles. The number of hydrogen-bond acceptors (Lipinski definition) is 7. The number of ether oxygens (including phenoxy) is 3. The summed E-state index contributed by atoms with van der Waals surface area (Å²) in [4.78, 5) is 23.5. The molecule has 0 amide bonds. The summed E-state index contributed by atoms with van der Waals surface area (Å²) in [7, 11) is -6.81. The summed E-state index contributed by atoms with van der Waals surface area (Å²) >= 11 is 0. The molecule has 1 atom stereocenters. The van der Waals surface area contributed by atoms with Gasteiger partial charge in [-0.1, -0.05) is 19.9 Å². The van der Waals surface area contributed by atoms with Crippen molar-refractivity contribution in [3.63, 3.8) is 0 Å². The average molecular weight is 546 g/mol. The number of carbonyl (C=O) groups is 2. The van der Waals surface area contributed by atoms with Crippen LogP contribution in [0.3, 0.4) is 0 Å². The van der Waals surface area contributed by atoms with E-state index in [9.17, 15) is 61.9 Å². The molecular weight excluding hydrogens is 530 g/mol. The van der Waals surface area contributed by atoms with E-state index in [1.54, 1.807) is 0 Å². The minimum atomic E-state index is -6.81. The van der Waals surface area contributed by atoms with Crippen molar-refractivity contribution in [1.82, 2.24) is 0 Å². The number of rotatable bonds is 12. The fraction of sp³-hybridized carbons (Fsp3) is 0.733. The van der Waals surface area contributed by atoms with Crippen molar-refractivity contribution in [2.45, 2.75) is 55.5 Å². The van der Waals surface area contributed by atoms with Gasteiger partial charge in [-0.25, -0.2) is 9.59 Å². The largest absolute Gasteiger partial charge is 0.468 e. The number of alkyl halides is 10. The average Bonchev–Trinajstić information content (AvgIpc) is 2.63. The molecule has 0 aliphatic carbocycles. The topological polar surface area (TPSA) is 116 Å². The van der Waals surface area contributed by atoms with Gasteiger partial charge in [-0.05, 0) is 6.42 Å². The summed E-state index contributed by atoms with van der Waals surface area (Å²) < 4.78 is 172. The zero-order valence-electron chi connectivity index (χ0n) is 16.7. The van der Waals surface area contributed by atoms with Crippen LogP contribution in [0.1, 0.15) is 26.2 Å². The summed E-state index contributed by atoms with van der Waals surface area (Å²) in [6.45, 7) is 0.343. The summed E-state index contributed by atoms with van der Waals surface area (Å²) in [5, 5.41) is -6.26. The van der Waals surface area contributed by atoms with E-state index in [0.29, 0.717) is 0 Å². The molecular formula is C15H16F10O8S. The molecule has 0 spiro atoms. The highest BCUT2D eigenvalue weighted by molar-refractivity contribution is 7.87. The Morgan fingerprint density at radius 3 is 1.82 bits per heavy atom. The highest BCUT2D eigenvalue weighted by atomic mass is 32.2. The van der Waals surface area contributed by atoms with Gasteiger partial charge in [-0.3, -0.25) is 4.55 Å². The predicted octanol–water partition coefficient (Wildman–Crippen LogP) is 3.77. The second-order valence-corrected chi connectivity index (χ2v) is 7.73. The summed E-state index contributed by atoms with van der Waals surface area (Å²) in [5.41, 5.74) is -2.60. The first kappa shape index (κ1) is 31.9. The van der Waals surface area contributed by atoms with Gasteiger partial charge in [0, 0.05) is 6.42 Å². The maximum absolute atomic E-state index is 13.6. The molecule has 0 heterocycles. The van der Waals surface area contributed by atoms with Crippen LogP contribution in [0.5, 0.6) is 0 Å².